The topological polar surface area (TPSA) is 42.3 Å². The smallest absolute Gasteiger partial charge is 0.258 e. The average molecular weight is 443 g/mol. The maximum absolute atomic E-state index is 15.0. The summed E-state index contributed by atoms with van der Waals surface area (Å²) in [4.78, 5) is 27.0. The van der Waals surface area contributed by atoms with Crippen molar-refractivity contribution in [3.63, 3.8) is 0 Å². The van der Waals surface area contributed by atoms with Gasteiger partial charge in [-0.2, -0.15) is 0 Å². The quantitative estimate of drug-likeness (QED) is 0.361. The second-order valence-corrected chi connectivity index (χ2v) is 9.20. The molecule has 0 N–H and O–H groups in total. The molecule has 0 saturated heterocycles. The van der Waals surface area contributed by atoms with Crippen molar-refractivity contribution in [2.24, 2.45) is 5.41 Å². The minimum absolute atomic E-state index is 0.0774. The van der Waals surface area contributed by atoms with Crippen molar-refractivity contribution in [3.05, 3.63) is 95.6 Å². The molecule has 168 valence electrons. The second-order valence-electron chi connectivity index (χ2n) is 9.20. The molecule has 1 aliphatic carbocycles. The van der Waals surface area contributed by atoms with Crippen LogP contribution in [0, 0.1) is 11.2 Å². The van der Waals surface area contributed by atoms with Gasteiger partial charge in [0.2, 0.25) is 0 Å². The number of benzene rings is 2. The monoisotopic (exact) mass is 442 g/mol. The Morgan fingerprint density at radius 2 is 1.85 bits per heavy atom. The summed E-state index contributed by atoms with van der Waals surface area (Å²) >= 11 is 0. The van der Waals surface area contributed by atoms with E-state index in [2.05, 4.69) is 18.2 Å². The Bertz CT molecular complexity index is 1260. The third-order valence-corrected chi connectivity index (χ3v) is 6.99. The molecule has 0 saturated carbocycles. The van der Waals surface area contributed by atoms with Gasteiger partial charge in [-0.1, -0.05) is 30.4 Å². The Hall–Kier alpha value is -3.47. The van der Waals surface area contributed by atoms with Crippen LogP contribution in [0.2, 0.25) is 0 Å². The lowest BCUT2D eigenvalue weighted by Gasteiger charge is -2.32. The van der Waals surface area contributed by atoms with Crippen LogP contribution in [-0.2, 0) is 6.42 Å². The zero-order valence-electron chi connectivity index (χ0n) is 18.8. The van der Waals surface area contributed by atoms with Crippen LogP contribution >= 0.6 is 0 Å². The van der Waals surface area contributed by atoms with Gasteiger partial charge in [-0.3, -0.25) is 9.59 Å². The molecule has 1 amide bonds. The number of carbonyl (C=O) groups is 2. The van der Waals surface area contributed by atoms with Crippen LogP contribution in [0.15, 0.2) is 73.1 Å². The number of nitrogens with zero attached hydrogens (tertiary/aromatic N) is 2. The summed E-state index contributed by atoms with van der Waals surface area (Å²) in [5.74, 6) is -0.769. The fourth-order valence-corrected chi connectivity index (χ4v) is 5.16. The number of carbonyl (C=O) groups excluding carboxylic acids is 2. The lowest BCUT2D eigenvalue weighted by atomic mass is 9.72. The van der Waals surface area contributed by atoms with E-state index in [-0.39, 0.29) is 17.1 Å². The van der Waals surface area contributed by atoms with Crippen LogP contribution in [-0.4, -0.2) is 22.8 Å². The highest BCUT2D eigenvalue weighted by molar-refractivity contribution is 6.06. The van der Waals surface area contributed by atoms with Crippen LogP contribution in [0.25, 0.3) is 5.69 Å². The molecule has 0 radical (unpaired) electrons. The molecule has 33 heavy (non-hydrogen) atoms. The number of Topliss-reactive ketones (excluding diaryl/α,β-unsaturated/α-hetero) is 1. The van der Waals surface area contributed by atoms with E-state index in [0.717, 1.165) is 36.9 Å². The molecule has 1 unspecified atom stereocenters. The summed E-state index contributed by atoms with van der Waals surface area (Å²) in [6, 6.07) is 14.3. The van der Waals surface area contributed by atoms with E-state index >= 15 is 4.39 Å². The van der Waals surface area contributed by atoms with Gasteiger partial charge in [-0.05, 0) is 80.3 Å². The molecule has 1 aromatic heterocycles. The minimum atomic E-state index is -0.499. The predicted molar refractivity (Wildman–Crippen MR) is 128 cm³/mol. The summed E-state index contributed by atoms with van der Waals surface area (Å²) in [5, 5.41) is 0. The van der Waals surface area contributed by atoms with Gasteiger partial charge in [0, 0.05) is 35.8 Å². The first-order chi connectivity index (χ1) is 16.0. The van der Waals surface area contributed by atoms with E-state index in [9.17, 15) is 9.59 Å². The fourth-order valence-electron chi connectivity index (χ4n) is 5.16. The Balaban J connectivity index is 1.46. The molecule has 4 nitrogen and oxygen atoms in total. The van der Waals surface area contributed by atoms with Crippen molar-refractivity contribution in [1.82, 2.24) is 4.57 Å². The molecule has 2 aliphatic rings. The molecule has 1 aliphatic heterocycles. The highest BCUT2D eigenvalue weighted by Crippen LogP contribution is 2.43. The van der Waals surface area contributed by atoms with E-state index in [1.54, 1.807) is 35.2 Å². The lowest BCUT2D eigenvalue weighted by Crippen LogP contribution is -2.33. The normalized spacial score (nSPS) is 19.9. The largest absolute Gasteiger partial charge is 0.321 e. The van der Waals surface area contributed by atoms with Crippen molar-refractivity contribution in [2.45, 2.75) is 39.0 Å². The first-order valence-electron chi connectivity index (χ1n) is 11.5. The minimum Gasteiger partial charge on any atom is -0.321 e. The predicted octanol–water partition coefficient (Wildman–Crippen LogP) is 6.14. The molecule has 0 bridgehead atoms. The summed E-state index contributed by atoms with van der Waals surface area (Å²) in [6.45, 7) is 2.08. The first-order valence-corrected chi connectivity index (χ1v) is 11.5. The molecule has 0 fully saturated rings. The second kappa shape index (κ2) is 8.47. The summed E-state index contributed by atoms with van der Waals surface area (Å²) < 4.78 is 16.6. The average Bonchev–Trinajstić information content (AvgIpc) is 3.25. The summed E-state index contributed by atoms with van der Waals surface area (Å²) in [5.41, 5.74) is 3.31. The molecule has 2 heterocycles. The van der Waals surface area contributed by atoms with E-state index in [1.807, 2.05) is 23.1 Å². The number of halogens is 1. The number of amides is 1. The SMILES string of the molecule is CC(=O)c1ccn(-c2ccc(C(=O)N3CCC4(C=CCCC4)Cc4ccccc43)cc2F)c1. The Kier molecular flexibility index (Phi) is 5.49. The number of anilines is 1. The van der Waals surface area contributed by atoms with E-state index in [4.69, 9.17) is 0 Å². The molecule has 2 aromatic carbocycles. The van der Waals surface area contributed by atoms with Gasteiger partial charge < -0.3 is 9.47 Å². The van der Waals surface area contributed by atoms with E-state index < -0.39 is 5.82 Å². The number of rotatable bonds is 3. The number of fused-ring (bicyclic) bond motifs is 1. The number of hydrogen-bond acceptors (Lipinski definition) is 2. The van der Waals surface area contributed by atoms with Gasteiger partial charge in [0.1, 0.15) is 5.82 Å². The third kappa shape index (κ3) is 4.04. The van der Waals surface area contributed by atoms with Gasteiger partial charge in [0.05, 0.1) is 5.69 Å². The van der Waals surface area contributed by atoms with Crippen LogP contribution in [0.3, 0.4) is 0 Å². The van der Waals surface area contributed by atoms with Crippen molar-refractivity contribution >= 4 is 17.4 Å². The fraction of sp³-hybridized carbons (Fsp3) is 0.286. The number of ketones is 1. The third-order valence-electron chi connectivity index (χ3n) is 6.99. The highest BCUT2D eigenvalue weighted by atomic mass is 19.1. The van der Waals surface area contributed by atoms with Gasteiger partial charge >= 0.3 is 0 Å². The first kappa shape index (κ1) is 21.4. The summed E-state index contributed by atoms with van der Waals surface area (Å²) in [7, 11) is 0. The lowest BCUT2D eigenvalue weighted by molar-refractivity contribution is 0.0982. The van der Waals surface area contributed by atoms with Gasteiger partial charge in [0.15, 0.2) is 5.78 Å². The molecular formula is C28H27FN2O2. The van der Waals surface area contributed by atoms with Crippen molar-refractivity contribution in [2.75, 3.05) is 11.4 Å². The zero-order valence-corrected chi connectivity index (χ0v) is 18.8. The molecular weight excluding hydrogens is 415 g/mol. The highest BCUT2D eigenvalue weighted by Gasteiger charge is 2.35. The standard InChI is InChI=1S/C28H27FN2O2/c1-20(32)23-11-15-30(19-23)26-10-9-21(17-24(26)29)27(33)31-16-14-28(12-5-2-6-13-28)18-22-7-3-4-8-25(22)31/h3-5,7-12,15,17,19H,2,6,13-14,16,18H2,1H3. The number of hydrogen-bond donors (Lipinski definition) is 0. The van der Waals surface area contributed by atoms with Gasteiger partial charge in [0.25, 0.3) is 5.91 Å². The van der Waals surface area contributed by atoms with E-state index in [1.165, 1.54) is 19.4 Å². The molecule has 5 heteroatoms. The number of allylic oxidation sites excluding steroid dienone is 2. The Morgan fingerprint density at radius 3 is 2.58 bits per heavy atom. The number of para-hydroxylation sites is 1. The Morgan fingerprint density at radius 1 is 1.00 bits per heavy atom. The molecule has 1 spiro atoms. The molecule has 1 atom stereocenters. The Labute approximate surface area is 193 Å². The van der Waals surface area contributed by atoms with Crippen molar-refractivity contribution in [1.29, 1.82) is 0 Å². The van der Waals surface area contributed by atoms with Gasteiger partial charge in [-0.25, -0.2) is 4.39 Å². The van der Waals surface area contributed by atoms with Crippen LogP contribution in [0.5, 0.6) is 0 Å². The van der Waals surface area contributed by atoms with E-state index in [0.29, 0.717) is 23.4 Å². The maximum Gasteiger partial charge on any atom is 0.258 e. The van der Waals surface area contributed by atoms with Crippen molar-refractivity contribution < 1.29 is 14.0 Å². The maximum atomic E-state index is 15.0. The number of aromatic nitrogens is 1. The molecule has 5 rings (SSSR count). The zero-order chi connectivity index (χ0) is 23.0. The van der Waals surface area contributed by atoms with Crippen LogP contribution < -0.4 is 4.90 Å². The molecule has 3 aromatic rings. The summed E-state index contributed by atoms with van der Waals surface area (Å²) in [6.07, 6.45) is 13.1. The van der Waals surface area contributed by atoms with Gasteiger partial charge in [-0.15, -0.1) is 0 Å². The van der Waals surface area contributed by atoms with Crippen LogP contribution in [0.4, 0.5) is 10.1 Å². The van der Waals surface area contributed by atoms with Crippen LogP contribution in [0.1, 0.15) is 58.9 Å². The van der Waals surface area contributed by atoms with Crippen molar-refractivity contribution in [3.8, 4) is 5.69 Å².